The van der Waals surface area contributed by atoms with Crippen molar-refractivity contribution in [1.82, 2.24) is 10.2 Å². The molecule has 4 aromatic carbocycles. The van der Waals surface area contributed by atoms with E-state index in [2.05, 4.69) is 5.32 Å². The van der Waals surface area contributed by atoms with E-state index in [1.165, 1.54) is 17.0 Å². The molecule has 0 unspecified atom stereocenters. The Hall–Kier alpha value is -4.12. The van der Waals surface area contributed by atoms with Crippen LogP contribution in [0.15, 0.2) is 102 Å². The van der Waals surface area contributed by atoms with Crippen LogP contribution < -0.4 is 14.4 Å². The van der Waals surface area contributed by atoms with Crippen molar-refractivity contribution in [2.45, 2.75) is 57.1 Å². The highest BCUT2D eigenvalue weighted by molar-refractivity contribution is 7.92. The average molecular weight is 715 g/mol. The molecule has 2 amide bonds. The minimum Gasteiger partial charge on any atom is -0.494 e. The maximum Gasteiger partial charge on any atom is 0.264 e. The molecule has 0 bridgehead atoms. The molecule has 0 radical (unpaired) electrons. The fraction of sp³-hybridized carbons (Fsp3) is 0.278. The Bertz CT molecular complexity index is 1770. The summed E-state index contributed by atoms with van der Waals surface area (Å²) in [6.45, 7) is 5.13. The van der Waals surface area contributed by atoms with Crippen molar-refractivity contribution < 1.29 is 27.1 Å². The van der Waals surface area contributed by atoms with E-state index in [-0.39, 0.29) is 39.6 Å². The van der Waals surface area contributed by atoms with Crippen molar-refractivity contribution in [3.8, 4) is 5.75 Å². The van der Waals surface area contributed by atoms with E-state index in [0.717, 1.165) is 34.1 Å². The first-order valence-corrected chi connectivity index (χ1v) is 17.7. The Kier molecular flexibility index (Phi) is 12.9. The highest BCUT2D eigenvalue weighted by Gasteiger charge is 2.35. The fourth-order valence-electron chi connectivity index (χ4n) is 4.99. The van der Waals surface area contributed by atoms with E-state index in [1.54, 1.807) is 30.3 Å². The summed E-state index contributed by atoms with van der Waals surface area (Å²) in [5.41, 5.74) is 1.35. The van der Waals surface area contributed by atoms with Crippen LogP contribution in [-0.2, 0) is 32.6 Å². The summed E-state index contributed by atoms with van der Waals surface area (Å²) in [5, 5.41) is 3.55. The predicted octanol–water partition coefficient (Wildman–Crippen LogP) is 7.28. The summed E-state index contributed by atoms with van der Waals surface area (Å²) >= 11 is 13.1. The van der Waals surface area contributed by atoms with Crippen LogP contribution in [0, 0.1) is 5.82 Å². The number of anilines is 1. The summed E-state index contributed by atoms with van der Waals surface area (Å²) in [6.07, 6.45) is 0.778. The molecule has 0 aliphatic heterocycles. The summed E-state index contributed by atoms with van der Waals surface area (Å²) < 4.78 is 48.6. The van der Waals surface area contributed by atoms with Gasteiger partial charge in [0, 0.05) is 34.6 Å². The SMILES string of the molecule is CCOc1ccc(N(CC(=O)N(Cc2c(Cl)cccc2Cl)[C@H](Cc2ccccc2)C(=O)N[C@H](C)CC)S(=O)(=O)c2ccc(F)cc2)cc1. The van der Waals surface area contributed by atoms with Crippen LogP contribution in [0.5, 0.6) is 5.75 Å². The number of rotatable bonds is 15. The minimum atomic E-state index is -4.42. The molecule has 0 saturated carbocycles. The van der Waals surface area contributed by atoms with Gasteiger partial charge in [-0.25, -0.2) is 12.8 Å². The van der Waals surface area contributed by atoms with E-state index in [0.29, 0.717) is 24.3 Å². The number of ether oxygens (including phenoxy) is 1. The molecule has 1 N–H and O–H groups in total. The normalized spacial score (nSPS) is 12.5. The van der Waals surface area contributed by atoms with E-state index in [9.17, 15) is 22.4 Å². The maximum absolute atomic E-state index is 14.6. The summed E-state index contributed by atoms with van der Waals surface area (Å²) in [4.78, 5) is 29.7. The van der Waals surface area contributed by atoms with Gasteiger partial charge in [-0.3, -0.25) is 13.9 Å². The predicted molar refractivity (Wildman–Crippen MR) is 187 cm³/mol. The van der Waals surface area contributed by atoms with E-state index < -0.39 is 40.2 Å². The molecule has 4 aromatic rings. The third-order valence-corrected chi connectivity index (χ3v) is 10.3. The van der Waals surface area contributed by atoms with Gasteiger partial charge < -0.3 is 15.0 Å². The second-order valence-corrected chi connectivity index (χ2v) is 13.8. The van der Waals surface area contributed by atoms with Gasteiger partial charge in [0.25, 0.3) is 10.0 Å². The second-order valence-electron chi connectivity index (χ2n) is 11.1. The lowest BCUT2D eigenvalue weighted by Crippen LogP contribution is -2.54. The Balaban J connectivity index is 1.84. The van der Waals surface area contributed by atoms with Gasteiger partial charge in [-0.05, 0) is 86.5 Å². The molecule has 254 valence electrons. The molecule has 2 atom stereocenters. The summed E-state index contributed by atoms with van der Waals surface area (Å²) in [5.74, 6) is -1.22. The Morgan fingerprint density at radius 2 is 1.50 bits per heavy atom. The molecule has 12 heteroatoms. The zero-order valence-electron chi connectivity index (χ0n) is 26.9. The van der Waals surface area contributed by atoms with Gasteiger partial charge in [0.05, 0.1) is 17.2 Å². The van der Waals surface area contributed by atoms with E-state index in [4.69, 9.17) is 27.9 Å². The number of halogens is 3. The molecule has 4 rings (SSSR count). The molecular weight excluding hydrogens is 676 g/mol. The topological polar surface area (TPSA) is 96.0 Å². The number of benzene rings is 4. The third kappa shape index (κ3) is 9.27. The first-order chi connectivity index (χ1) is 22.9. The zero-order chi connectivity index (χ0) is 34.8. The number of sulfonamides is 1. The molecule has 0 heterocycles. The first kappa shape index (κ1) is 36.7. The quantitative estimate of drug-likeness (QED) is 0.140. The van der Waals surface area contributed by atoms with Crippen LogP contribution in [0.4, 0.5) is 10.1 Å². The smallest absolute Gasteiger partial charge is 0.264 e. The number of carbonyl (C=O) groups excluding carboxylic acids is 2. The lowest BCUT2D eigenvalue weighted by molar-refractivity contribution is -0.140. The summed E-state index contributed by atoms with van der Waals surface area (Å²) in [6, 6.07) is 23.4. The van der Waals surface area contributed by atoms with Crippen molar-refractivity contribution in [2.75, 3.05) is 17.5 Å². The van der Waals surface area contributed by atoms with E-state index >= 15 is 0 Å². The molecule has 0 saturated heterocycles. The van der Waals surface area contributed by atoms with E-state index in [1.807, 2.05) is 51.1 Å². The second kappa shape index (κ2) is 16.8. The van der Waals surface area contributed by atoms with Crippen molar-refractivity contribution in [3.63, 3.8) is 0 Å². The van der Waals surface area contributed by atoms with Gasteiger partial charge >= 0.3 is 0 Å². The van der Waals surface area contributed by atoms with Gasteiger partial charge in [-0.1, -0.05) is 66.5 Å². The molecule has 0 fully saturated rings. The molecule has 0 aromatic heterocycles. The van der Waals surface area contributed by atoms with Crippen molar-refractivity contribution in [1.29, 1.82) is 0 Å². The molecule has 0 aliphatic rings. The van der Waals surface area contributed by atoms with Crippen LogP contribution in [0.3, 0.4) is 0 Å². The fourth-order valence-corrected chi connectivity index (χ4v) is 6.92. The van der Waals surface area contributed by atoms with Crippen molar-refractivity contribution in [2.24, 2.45) is 0 Å². The number of nitrogens with one attached hydrogen (secondary N) is 1. The molecule has 0 aliphatic carbocycles. The van der Waals surface area contributed by atoms with Crippen LogP contribution >= 0.6 is 23.2 Å². The molecule has 0 spiro atoms. The van der Waals surface area contributed by atoms with Crippen LogP contribution in [0.25, 0.3) is 0 Å². The van der Waals surface area contributed by atoms with Crippen LogP contribution in [-0.4, -0.2) is 50.4 Å². The largest absolute Gasteiger partial charge is 0.494 e. The van der Waals surface area contributed by atoms with Gasteiger partial charge in [-0.15, -0.1) is 0 Å². The number of nitrogens with zero attached hydrogens (tertiary/aromatic N) is 2. The lowest BCUT2D eigenvalue weighted by Gasteiger charge is -2.34. The van der Waals surface area contributed by atoms with Gasteiger partial charge in [0.1, 0.15) is 24.2 Å². The van der Waals surface area contributed by atoms with Gasteiger partial charge in [-0.2, -0.15) is 0 Å². The van der Waals surface area contributed by atoms with Crippen molar-refractivity contribution >= 4 is 50.7 Å². The molecular formula is C36H38Cl2FN3O5S. The Morgan fingerprint density at radius 1 is 0.875 bits per heavy atom. The monoisotopic (exact) mass is 713 g/mol. The maximum atomic E-state index is 14.6. The summed E-state index contributed by atoms with van der Waals surface area (Å²) in [7, 11) is -4.42. The Morgan fingerprint density at radius 3 is 2.08 bits per heavy atom. The highest BCUT2D eigenvalue weighted by Crippen LogP contribution is 2.30. The highest BCUT2D eigenvalue weighted by atomic mass is 35.5. The van der Waals surface area contributed by atoms with Crippen LogP contribution in [0.2, 0.25) is 10.0 Å². The number of hydrogen-bond acceptors (Lipinski definition) is 5. The molecule has 48 heavy (non-hydrogen) atoms. The first-order valence-electron chi connectivity index (χ1n) is 15.5. The third-order valence-electron chi connectivity index (χ3n) is 7.78. The van der Waals surface area contributed by atoms with Gasteiger partial charge in [0.15, 0.2) is 0 Å². The average Bonchev–Trinajstić information content (AvgIpc) is 3.07. The number of carbonyl (C=O) groups is 2. The number of hydrogen-bond donors (Lipinski definition) is 1. The van der Waals surface area contributed by atoms with Gasteiger partial charge in [0.2, 0.25) is 11.8 Å². The lowest BCUT2D eigenvalue weighted by atomic mass is 10.0. The van der Waals surface area contributed by atoms with Crippen LogP contribution in [0.1, 0.15) is 38.3 Å². The van der Waals surface area contributed by atoms with Crippen molar-refractivity contribution in [3.05, 3.63) is 124 Å². The zero-order valence-corrected chi connectivity index (χ0v) is 29.2. The standard InChI is InChI=1S/C36H38Cl2FN3O5S/c1-4-25(3)40-36(44)34(22-26-10-7-6-8-11-26)41(23-31-32(37)12-9-13-33(31)38)35(43)24-42(28-16-18-29(19-17-28)47-5-2)48(45,46)30-20-14-27(39)15-21-30/h6-21,25,34H,4-5,22-24H2,1-3H3,(H,40,44)/t25-,34-/m1/s1. The Labute approximate surface area is 291 Å². The number of amides is 2. The molecule has 8 nitrogen and oxygen atoms in total. The minimum absolute atomic E-state index is 0.130.